The van der Waals surface area contributed by atoms with Crippen LogP contribution in [0.15, 0.2) is 42.5 Å². The summed E-state index contributed by atoms with van der Waals surface area (Å²) < 4.78 is 13.4. The van der Waals surface area contributed by atoms with E-state index < -0.39 is 0 Å². The van der Waals surface area contributed by atoms with Crippen LogP contribution in [0.5, 0.6) is 0 Å². The minimum Gasteiger partial charge on any atom is -0.310 e. The van der Waals surface area contributed by atoms with Crippen molar-refractivity contribution in [1.82, 2.24) is 5.32 Å². The molecule has 0 amide bonds. The standard InChI is InChI=1S/C16H17ClFN/c1-11(2)19-10-12-5-3-4-6-14(12)15-9-13(18)7-8-16(15)17/h3-9,11,19H,10H2,1-2H3. The Kier molecular flexibility index (Phi) is 4.56. The van der Waals surface area contributed by atoms with Crippen LogP contribution in [-0.4, -0.2) is 6.04 Å². The fourth-order valence-corrected chi connectivity index (χ4v) is 2.17. The highest BCUT2D eigenvalue weighted by molar-refractivity contribution is 6.33. The first-order chi connectivity index (χ1) is 9.08. The van der Waals surface area contributed by atoms with Crippen molar-refractivity contribution in [2.75, 3.05) is 0 Å². The lowest BCUT2D eigenvalue weighted by molar-refractivity contribution is 0.589. The zero-order chi connectivity index (χ0) is 13.8. The molecule has 1 nitrogen and oxygen atoms in total. The molecule has 0 aliphatic rings. The molecule has 2 aromatic carbocycles. The molecule has 0 aromatic heterocycles. The molecule has 0 heterocycles. The Hall–Kier alpha value is -1.38. The van der Waals surface area contributed by atoms with Gasteiger partial charge < -0.3 is 5.32 Å². The third-order valence-corrected chi connectivity index (χ3v) is 3.27. The second-order valence-corrected chi connectivity index (χ2v) is 5.22. The Bertz CT molecular complexity index is 566. The Labute approximate surface area is 118 Å². The summed E-state index contributed by atoms with van der Waals surface area (Å²) in [5, 5.41) is 3.94. The molecule has 2 rings (SSSR count). The van der Waals surface area contributed by atoms with E-state index in [1.165, 1.54) is 12.1 Å². The molecule has 0 fully saturated rings. The van der Waals surface area contributed by atoms with Gasteiger partial charge in [-0.25, -0.2) is 4.39 Å². The predicted molar refractivity (Wildman–Crippen MR) is 78.8 cm³/mol. The maximum atomic E-state index is 13.4. The zero-order valence-electron chi connectivity index (χ0n) is 11.1. The molecule has 0 saturated heterocycles. The lowest BCUT2D eigenvalue weighted by atomic mass is 9.99. The lowest BCUT2D eigenvalue weighted by Crippen LogP contribution is -2.22. The van der Waals surface area contributed by atoms with Crippen molar-refractivity contribution >= 4 is 11.6 Å². The highest BCUT2D eigenvalue weighted by atomic mass is 35.5. The number of halogens is 2. The van der Waals surface area contributed by atoms with Gasteiger partial charge in [0.15, 0.2) is 0 Å². The molecule has 0 spiro atoms. The molecule has 19 heavy (non-hydrogen) atoms. The minimum absolute atomic E-state index is 0.272. The van der Waals surface area contributed by atoms with Crippen LogP contribution in [0.3, 0.4) is 0 Å². The largest absolute Gasteiger partial charge is 0.310 e. The molecule has 0 atom stereocenters. The highest BCUT2D eigenvalue weighted by Gasteiger charge is 2.09. The topological polar surface area (TPSA) is 12.0 Å². The average molecular weight is 278 g/mol. The van der Waals surface area contributed by atoms with Crippen molar-refractivity contribution in [3.8, 4) is 11.1 Å². The van der Waals surface area contributed by atoms with Gasteiger partial charge in [-0.3, -0.25) is 0 Å². The summed E-state index contributed by atoms with van der Waals surface area (Å²) in [7, 11) is 0. The summed E-state index contributed by atoms with van der Waals surface area (Å²) in [5.41, 5.74) is 2.83. The Balaban J connectivity index is 2.41. The maximum absolute atomic E-state index is 13.4. The molecule has 0 unspecified atom stereocenters. The van der Waals surface area contributed by atoms with Gasteiger partial charge in [-0.2, -0.15) is 0 Å². The van der Waals surface area contributed by atoms with Crippen molar-refractivity contribution < 1.29 is 4.39 Å². The van der Waals surface area contributed by atoms with E-state index in [4.69, 9.17) is 11.6 Å². The van der Waals surface area contributed by atoms with E-state index in [-0.39, 0.29) is 5.82 Å². The zero-order valence-corrected chi connectivity index (χ0v) is 11.8. The third kappa shape index (κ3) is 3.55. The van der Waals surface area contributed by atoms with Crippen LogP contribution < -0.4 is 5.32 Å². The van der Waals surface area contributed by atoms with E-state index >= 15 is 0 Å². The maximum Gasteiger partial charge on any atom is 0.123 e. The molecule has 0 bridgehead atoms. The van der Waals surface area contributed by atoms with Crippen LogP contribution in [-0.2, 0) is 6.54 Å². The van der Waals surface area contributed by atoms with Crippen LogP contribution >= 0.6 is 11.6 Å². The van der Waals surface area contributed by atoms with E-state index in [9.17, 15) is 4.39 Å². The van der Waals surface area contributed by atoms with Gasteiger partial charge in [-0.15, -0.1) is 0 Å². The molecule has 0 radical (unpaired) electrons. The van der Waals surface area contributed by atoms with Crippen LogP contribution in [0.4, 0.5) is 4.39 Å². The smallest absolute Gasteiger partial charge is 0.123 e. The van der Waals surface area contributed by atoms with Crippen LogP contribution in [0.1, 0.15) is 19.4 Å². The van der Waals surface area contributed by atoms with Gasteiger partial charge in [0.05, 0.1) is 0 Å². The van der Waals surface area contributed by atoms with Gasteiger partial charge >= 0.3 is 0 Å². The van der Waals surface area contributed by atoms with Gasteiger partial charge in [-0.1, -0.05) is 49.7 Å². The molecule has 1 N–H and O–H groups in total. The fraction of sp³-hybridized carbons (Fsp3) is 0.250. The van der Waals surface area contributed by atoms with Crippen LogP contribution in [0.25, 0.3) is 11.1 Å². The monoisotopic (exact) mass is 277 g/mol. The fourth-order valence-electron chi connectivity index (χ4n) is 1.96. The molecule has 0 aliphatic heterocycles. The average Bonchev–Trinajstić information content (AvgIpc) is 2.39. The van der Waals surface area contributed by atoms with Gasteiger partial charge in [0.2, 0.25) is 0 Å². The molecule has 3 heteroatoms. The number of nitrogens with one attached hydrogen (secondary N) is 1. The first-order valence-electron chi connectivity index (χ1n) is 6.34. The molecular formula is C16H17ClFN. The van der Waals surface area contributed by atoms with Crippen LogP contribution in [0, 0.1) is 5.82 Å². The second kappa shape index (κ2) is 6.18. The summed E-state index contributed by atoms with van der Waals surface area (Å²) >= 11 is 6.18. The van der Waals surface area contributed by atoms with E-state index in [1.54, 1.807) is 6.07 Å². The number of hydrogen-bond acceptors (Lipinski definition) is 1. The Morgan fingerprint density at radius 3 is 2.58 bits per heavy atom. The lowest BCUT2D eigenvalue weighted by Gasteiger charge is -2.13. The highest BCUT2D eigenvalue weighted by Crippen LogP contribution is 2.31. The van der Waals surface area contributed by atoms with E-state index in [0.29, 0.717) is 11.1 Å². The minimum atomic E-state index is -0.272. The quantitative estimate of drug-likeness (QED) is 0.858. The SMILES string of the molecule is CC(C)NCc1ccccc1-c1cc(F)ccc1Cl. The van der Waals surface area contributed by atoms with Crippen molar-refractivity contribution in [1.29, 1.82) is 0 Å². The number of rotatable bonds is 4. The first kappa shape index (κ1) is 14.0. The Morgan fingerprint density at radius 2 is 1.84 bits per heavy atom. The summed E-state index contributed by atoms with van der Waals surface area (Å²) in [5.74, 6) is -0.272. The number of benzene rings is 2. The van der Waals surface area contributed by atoms with Crippen molar-refractivity contribution in [2.24, 2.45) is 0 Å². The predicted octanol–water partition coefficient (Wildman–Crippen LogP) is 4.64. The van der Waals surface area contributed by atoms with Gasteiger partial charge in [0.1, 0.15) is 5.82 Å². The molecule has 2 aromatic rings. The second-order valence-electron chi connectivity index (χ2n) is 4.82. The summed E-state index contributed by atoms with van der Waals surface area (Å²) in [6, 6.07) is 12.8. The molecule has 0 aliphatic carbocycles. The summed E-state index contributed by atoms with van der Waals surface area (Å²) in [4.78, 5) is 0. The van der Waals surface area contributed by atoms with E-state index in [2.05, 4.69) is 19.2 Å². The van der Waals surface area contributed by atoms with Gasteiger partial charge in [0.25, 0.3) is 0 Å². The van der Waals surface area contributed by atoms with Crippen molar-refractivity contribution in [3.05, 3.63) is 58.9 Å². The molecular weight excluding hydrogens is 261 g/mol. The Morgan fingerprint density at radius 1 is 1.11 bits per heavy atom. The summed E-state index contributed by atoms with van der Waals surface area (Å²) in [6.45, 7) is 4.93. The van der Waals surface area contributed by atoms with E-state index in [1.807, 2.05) is 24.3 Å². The van der Waals surface area contributed by atoms with Crippen molar-refractivity contribution in [2.45, 2.75) is 26.4 Å². The number of hydrogen-bond donors (Lipinski definition) is 1. The normalized spacial score (nSPS) is 11.0. The van der Waals surface area contributed by atoms with Crippen LogP contribution in [0.2, 0.25) is 5.02 Å². The van der Waals surface area contributed by atoms with Gasteiger partial charge in [0, 0.05) is 23.2 Å². The van der Waals surface area contributed by atoms with E-state index in [0.717, 1.165) is 23.2 Å². The first-order valence-corrected chi connectivity index (χ1v) is 6.72. The molecule has 100 valence electrons. The van der Waals surface area contributed by atoms with Crippen molar-refractivity contribution in [3.63, 3.8) is 0 Å². The summed E-state index contributed by atoms with van der Waals surface area (Å²) in [6.07, 6.45) is 0. The molecule has 0 saturated carbocycles. The van der Waals surface area contributed by atoms with Gasteiger partial charge in [-0.05, 0) is 29.3 Å². The third-order valence-electron chi connectivity index (χ3n) is 2.94.